The molecule has 200 valence electrons. The Morgan fingerprint density at radius 1 is 1.05 bits per heavy atom. The first kappa shape index (κ1) is 26.5. The third-order valence-corrected chi connectivity index (χ3v) is 8.38. The molecule has 12 heteroatoms. The Hall–Kier alpha value is -4.10. The van der Waals surface area contributed by atoms with Crippen LogP contribution in [0.5, 0.6) is 5.75 Å². The predicted molar refractivity (Wildman–Crippen MR) is 137 cm³/mol. The Balaban J connectivity index is 1.48. The lowest BCUT2D eigenvalue weighted by Gasteiger charge is -2.36. The first-order valence-electron chi connectivity index (χ1n) is 11.9. The zero-order chi connectivity index (χ0) is 27.9. The summed E-state index contributed by atoms with van der Waals surface area (Å²) >= 11 is 0. The summed E-state index contributed by atoms with van der Waals surface area (Å²) in [4.78, 5) is 3.23. The van der Waals surface area contributed by atoms with Crippen molar-refractivity contribution in [2.75, 3.05) is 0 Å². The second kappa shape index (κ2) is 9.89. The predicted octanol–water partition coefficient (Wildman–Crippen LogP) is 5.55. The SMILES string of the molecule is [C-]#[N+]c1ccc2c(c1)c1cc(C#N)ccc1n2C1CCC[C@@H](NS(=O)(=O)c2ccc(OC(F)(F)F)cc2)[C@@H]1O. The summed E-state index contributed by atoms with van der Waals surface area (Å²) in [5.74, 6) is -0.550. The quantitative estimate of drug-likeness (QED) is 0.315. The van der Waals surface area contributed by atoms with Gasteiger partial charge >= 0.3 is 6.36 Å². The summed E-state index contributed by atoms with van der Waals surface area (Å²) in [5.41, 5.74) is 2.33. The van der Waals surface area contributed by atoms with Crippen molar-refractivity contribution >= 4 is 37.5 Å². The van der Waals surface area contributed by atoms with E-state index in [-0.39, 0.29) is 4.90 Å². The average molecular weight is 555 g/mol. The highest BCUT2D eigenvalue weighted by atomic mass is 32.2. The van der Waals surface area contributed by atoms with E-state index in [2.05, 4.69) is 20.4 Å². The van der Waals surface area contributed by atoms with Gasteiger partial charge in [-0.1, -0.05) is 6.07 Å². The number of nitrogens with zero attached hydrogens (tertiary/aromatic N) is 3. The standard InChI is InChI=1S/C27H21F3N4O4S/c1-32-17-6-12-24-21(14-17)20-13-16(15-31)5-11-23(20)34(24)25-4-2-3-22(26(25)35)33-39(36,37)19-9-7-18(8-10-19)38-27(28,29)30/h5-14,22,25-26,33,35H,2-4H2/t22-,25?,26+/m1/s1. The van der Waals surface area contributed by atoms with Crippen molar-refractivity contribution in [3.05, 3.63) is 77.6 Å². The maximum absolute atomic E-state index is 13.1. The molecule has 1 unspecified atom stereocenters. The molecule has 1 aliphatic carbocycles. The minimum atomic E-state index is -4.90. The van der Waals surface area contributed by atoms with Gasteiger partial charge in [-0.05, 0) is 79.2 Å². The summed E-state index contributed by atoms with van der Waals surface area (Å²) in [5, 5.41) is 22.3. The van der Waals surface area contributed by atoms with Crippen molar-refractivity contribution in [3.8, 4) is 11.8 Å². The van der Waals surface area contributed by atoms with Crippen molar-refractivity contribution < 1.29 is 31.4 Å². The summed E-state index contributed by atoms with van der Waals surface area (Å²) in [6.45, 7) is 7.37. The molecule has 0 spiro atoms. The molecular weight excluding hydrogens is 533 g/mol. The minimum absolute atomic E-state index is 0.265. The van der Waals surface area contributed by atoms with Gasteiger partial charge in [0.15, 0.2) is 5.69 Å². The molecule has 39 heavy (non-hydrogen) atoms. The second-order valence-corrected chi connectivity index (χ2v) is 11.0. The zero-order valence-corrected chi connectivity index (χ0v) is 21.0. The number of aromatic nitrogens is 1. The number of hydrogen-bond acceptors (Lipinski definition) is 5. The minimum Gasteiger partial charge on any atom is -0.406 e. The molecule has 0 radical (unpaired) electrons. The van der Waals surface area contributed by atoms with Gasteiger partial charge in [-0.25, -0.2) is 18.0 Å². The molecule has 0 amide bonds. The number of benzene rings is 3. The van der Waals surface area contributed by atoms with E-state index in [1.807, 2.05) is 4.57 Å². The van der Waals surface area contributed by atoms with Crippen LogP contribution in [0.2, 0.25) is 0 Å². The molecule has 4 aromatic rings. The highest BCUT2D eigenvalue weighted by Crippen LogP contribution is 2.40. The van der Waals surface area contributed by atoms with Gasteiger partial charge in [0.2, 0.25) is 10.0 Å². The molecule has 2 N–H and O–H groups in total. The largest absolute Gasteiger partial charge is 0.573 e. The zero-order valence-electron chi connectivity index (χ0n) is 20.2. The highest BCUT2D eigenvalue weighted by Gasteiger charge is 2.37. The van der Waals surface area contributed by atoms with Crippen LogP contribution in [-0.4, -0.2) is 36.6 Å². The Bertz CT molecular complexity index is 1680. The summed E-state index contributed by atoms with van der Waals surface area (Å²) < 4.78 is 71.7. The van der Waals surface area contributed by atoms with Crippen LogP contribution in [0, 0.1) is 17.9 Å². The first-order chi connectivity index (χ1) is 18.5. The Morgan fingerprint density at radius 2 is 1.72 bits per heavy atom. The molecule has 3 atom stereocenters. The molecule has 1 aromatic heterocycles. The fourth-order valence-electron chi connectivity index (χ4n) is 5.19. The Morgan fingerprint density at radius 3 is 2.36 bits per heavy atom. The number of ether oxygens (including phenoxy) is 1. The number of rotatable bonds is 5. The van der Waals surface area contributed by atoms with E-state index in [1.54, 1.807) is 36.4 Å². The maximum Gasteiger partial charge on any atom is 0.573 e. The van der Waals surface area contributed by atoms with E-state index in [9.17, 15) is 32.0 Å². The summed E-state index contributed by atoms with van der Waals surface area (Å²) in [7, 11) is -4.17. The van der Waals surface area contributed by atoms with Crippen LogP contribution in [0.25, 0.3) is 26.7 Å². The number of halogens is 3. The first-order valence-corrected chi connectivity index (χ1v) is 13.4. The average Bonchev–Trinajstić information content (AvgIpc) is 3.21. The number of nitrogens with one attached hydrogen (secondary N) is 1. The van der Waals surface area contributed by atoms with E-state index in [0.717, 1.165) is 46.1 Å². The molecule has 0 saturated heterocycles. The van der Waals surface area contributed by atoms with Crippen LogP contribution >= 0.6 is 0 Å². The van der Waals surface area contributed by atoms with Crippen LogP contribution in [0.4, 0.5) is 18.9 Å². The Kier molecular flexibility index (Phi) is 6.72. The topological polar surface area (TPSA) is 109 Å². The maximum atomic E-state index is 13.1. The number of aliphatic hydroxyl groups is 1. The van der Waals surface area contributed by atoms with Crippen LogP contribution in [-0.2, 0) is 10.0 Å². The van der Waals surface area contributed by atoms with Crippen LogP contribution in [0.15, 0.2) is 65.6 Å². The van der Waals surface area contributed by atoms with E-state index in [4.69, 9.17) is 6.57 Å². The van der Waals surface area contributed by atoms with Crippen molar-refractivity contribution in [1.82, 2.24) is 9.29 Å². The lowest BCUT2D eigenvalue weighted by Crippen LogP contribution is -2.49. The molecule has 3 aromatic carbocycles. The lowest BCUT2D eigenvalue weighted by molar-refractivity contribution is -0.274. The third-order valence-electron chi connectivity index (χ3n) is 6.87. The molecular formula is C27H21F3N4O4S. The number of sulfonamides is 1. The Labute approximate surface area is 221 Å². The van der Waals surface area contributed by atoms with Gasteiger partial charge in [-0.3, -0.25) is 0 Å². The van der Waals surface area contributed by atoms with Gasteiger partial charge in [0, 0.05) is 16.4 Å². The van der Waals surface area contributed by atoms with E-state index < -0.39 is 40.3 Å². The third kappa shape index (κ3) is 5.14. The van der Waals surface area contributed by atoms with Crippen LogP contribution in [0.3, 0.4) is 0 Å². The molecule has 8 nitrogen and oxygen atoms in total. The van der Waals surface area contributed by atoms with Crippen molar-refractivity contribution in [1.29, 1.82) is 5.26 Å². The normalized spacial score (nSPS) is 20.0. The summed E-state index contributed by atoms with van der Waals surface area (Å²) in [6.07, 6.45) is -4.56. The smallest absolute Gasteiger partial charge is 0.406 e. The molecule has 0 bridgehead atoms. The molecule has 1 fully saturated rings. The van der Waals surface area contributed by atoms with Crippen molar-refractivity contribution in [3.63, 3.8) is 0 Å². The molecule has 1 aliphatic rings. The van der Waals surface area contributed by atoms with Gasteiger partial charge < -0.3 is 14.4 Å². The van der Waals surface area contributed by atoms with Gasteiger partial charge in [0.25, 0.3) is 0 Å². The highest BCUT2D eigenvalue weighted by molar-refractivity contribution is 7.89. The second-order valence-electron chi connectivity index (χ2n) is 9.26. The number of alkyl halides is 3. The fourth-order valence-corrected chi connectivity index (χ4v) is 6.48. The van der Waals surface area contributed by atoms with E-state index in [1.165, 1.54) is 0 Å². The van der Waals surface area contributed by atoms with E-state index >= 15 is 0 Å². The van der Waals surface area contributed by atoms with E-state index in [0.29, 0.717) is 30.5 Å². The monoisotopic (exact) mass is 554 g/mol. The number of aliphatic hydroxyl groups excluding tert-OH is 1. The molecule has 1 heterocycles. The van der Waals surface area contributed by atoms with Gasteiger partial charge in [0.1, 0.15) is 5.75 Å². The molecule has 5 rings (SSSR count). The molecule has 0 aliphatic heterocycles. The van der Waals surface area contributed by atoms with Crippen molar-refractivity contribution in [2.45, 2.75) is 48.7 Å². The van der Waals surface area contributed by atoms with Gasteiger partial charge in [-0.2, -0.15) is 5.26 Å². The summed E-state index contributed by atoms with van der Waals surface area (Å²) in [6, 6.07) is 14.9. The van der Waals surface area contributed by atoms with Gasteiger partial charge in [-0.15, -0.1) is 13.2 Å². The number of hydrogen-bond donors (Lipinski definition) is 2. The van der Waals surface area contributed by atoms with Crippen LogP contribution < -0.4 is 9.46 Å². The number of fused-ring (bicyclic) bond motifs is 3. The lowest BCUT2D eigenvalue weighted by atomic mass is 9.88. The molecule has 1 saturated carbocycles. The van der Waals surface area contributed by atoms with Crippen molar-refractivity contribution in [2.24, 2.45) is 0 Å². The fraction of sp³-hybridized carbons (Fsp3) is 0.259. The van der Waals surface area contributed by atoms with Gasteiger partial charge in [0.05, 0.1) is 41.3 Å². The number of nitriles is 1. The van der Waals surface area contributed by atoms with Crippen LogP contribution in [0.1, 0.15) is 30.9 Å².